The third-order valence-corrected chi connectivity index (χ3v) is 7.43. The highest BCUT2D eigenvalue weighted by molar-refractivity contribution is 5.69. The van der Waals surface area contributed by atoms with Crippen molar-refractivity contribution in [1.29, 1.82) is 10.5 Å². The lowest BCUT2D eigenvalue weighted by atomic mass is 9.91. The number of alkyl halides is 2. The van der Waals surface area contributed by atoms with Crippen LogP contribution in [0.2, 0.25) is 0 Å². The Kier molecular flexibility index (Phi) is 19.1. The molecule has 0 aromatic heterocycles. The molecule has 2 atom stereocenters. The summed E-state index contributed by atoms with van der Waals surface area (Å²) < 4.78 is 37.6. The minimum Gasteiger partial charge on any atom is -0.464 e. The van der Waals surface area contributed by atoms with E-state index in [0.717, 1.165) is 45.3 Å². The highest BCUT2D eigenvalue weighted by Crippen LogP contribution is 2.35. The largest absolute Gasteiger partial charge is 0.464 e. The fourth-order valence-electron chi connectivity index (χ4n) is 4.82. The molecule has 1 rings (SSSR count). The van der Waals surface area contributed by atoms with Crippen molar-refractivity contribution >= 4 is 11.9 Å². The zero-order valence-corrected chi connectivity index (χ0v) is 25.0. The molecule has 41 heavy (non-hydrogen) atoms. The number of aliphatic hydroxyl groups excluding tert-OH is 1. The Bertz CT molecular complexity index is 777. The third-order valence-electron chi connectivity index (χ3n) is 7.43. The highest BCUT2D eigenvalue weighted by atomic mass is 19.3. The predicted octanol–water partition coefficient (Wildman–Crippen LogP) is 4.69. The van der Waals surface area contributed by atoms with Gasteiger partial charge in [0, 0.05) is 51.4 Å². The van der Waals surface area contributed by atoms with Crippen LogP contribution in [-0.2, 0) is 19.1 Å². The van der Waals surface area contributed by atoms with Gasteiger partial charge in [-0.25, -0.2) is 8.78 Å². The molecule has 1 N–H and O–H groups in total. The number of rotatable bonds is 22. The van der Waals surface area contributed by atoms with Gasteiger partial charge in [0.1, 0.15) is 13.2 Å². The van der Waals surface area contributed by atoms with Crippen LogP contribution in [-0.4, -0.2) is 91.4 Å². The first-order chi connectivity index (χ1) is 19.6. The van der Waals surface area contributed by atoms with Crippen LogP contribution in [0.5, 0.6) is 0 Å². The van der Waals surface area contributed by atoms with E-state index >= 15 is 0 Å². The number of esters is 2. The molecule has 1 aliphatic carbocycles. The van der Waals surface area contributed by atoms with E-state index in [1.165, 1.54) is 0 Å². The predicted molar refractivity (Wildman–Crippen MR) is 151 cm³/mol. The molecule has 1 aliphatic rings. The van der Waals surface area contributed by atoms with Gasteiger partial charge in [0.05, 0.1) is 30.6 Å². The van der Waals surface area contributed by atoms with E-state index < -0.39 is 5.92 Å². The fraction of sp³-hybridized carbons (Fsp3) is 0.867. The molecule has 0 spiro atoms. The van der Waals surface area contributed by atoms with Crippen LogP contribution in [0.3, 0.4) is 0 Å². The maximum absolute atomic E-state index is 13.7. The summed E-state index contributed by atoms with van der Waals surface area (Å²) in [5, 5.41) is 27.2. The summed E-state index contributed by atoms with van der Waals surface area (Å²) in [5.74, 6) is -3.81. The monoisotopic (exact) mass is 584 g/mol. The number of ether oxygens (including phenoxy) is 2. The van der Waals surface area contributed by atoms with E-state index in [1.807, 2.05) is 12.1 Å². The first-order valence-electron chi connectivity index (χ1n) is 15.2. The molecule has 234 valence electrons. The van der Waals surface area contributed by atoms with Crippen molar-refractivity contribution in [3.8, 4) is 12.1 Å². The summed E-state index contributed by atoms with van der Waals surface area (Å²) in [5.41, 5.74) is 0. The molecule has 1 saturated carbocycles. The molecule has 0 amide bonds. The lowest BCUT2D eigenvalue weighted by Gasteiger charge is -2.37. The minimum absolute atomic E-state index is 0.0145. The van der Waals surface area contributed by atoms with E-state index in [4.69, 9.17) is 20.0 Å². The molecule has 0 heterocycles. The Labute approximate surface area is 244 Å². The Hall–Kier alpha value is -2.34. The number of carbonyl (C=O) groups excluding carboxylic acids is 2. The SMILES string of the molecule is CC(C#N)COC(=O)CCCCCN(CCCCCC(=O)OCC(C)C#N)CCN(CCO)C1CCC(F)(F)CC1. The number of nitrogens with zero attached hydrogens (tertiary/aromatic N) is 4. The molecule has 11 heteroatoms. The molecule has 0 aliphatic heterocycles. The summed E-state index contributed by atoms with van der Waals surface area (Å²) in [6.07, 6.45) is 6.16. The second-order valence-electron chi connectivity index (χ2n) is 11.2. The Morgan fingerprint density at radius 3 is 1.76 bits per heavy atom. The summed E-state index contributed by atoms with van der Waals surface area (Å²) in [4.78, 5) is 28.2. The van der Waals surface area contributed by atoms with Gasteiger partial charge in [-0.3, -0.25) is 14.5 Å². The molecule has 0 aromatic carbocycles. The number of hydrogen-bond acceptors (Lipinski definition) is 9. The van der Waals surface area contributed by atoms with Crippen LogP contribution in [0, 0.1) is 34.5 Å². The van der Waals surface area contributed by atoms with Gasteiger partial charge in [0.2, 0.25) is 5.92 Å². The van der Waals surface area contributed by atoms with E-state index in [2.05, 4.69) is 9.80 Å². The van der Waals surface area contributed by atoms with Crippen molar-refractivity contribution < 1.29 is 33.0 Å². The van der Waals surface area contributed by atoms with Crippen molar-refractivity contribution in [2.75, 3.05) is 52.5 Å². The number of carbonyl (C=O) groups is 2. The number of unbranched alkanes of at least 4 members (excludes halogenated alkanes) is 4. The fourth-order valence-corrected chi connectivity index (χ4v) is 4.82. The highest BCUT2D eigenvalue weighted by Gasteiger charge is 2.36. The van der Waals surface area contributed by atoms with Gasteiger partial charge in [-0.05, 0) is 65.5 Å². The average molecular weight is 585 g/mol. The average Bonchev–Trinajstić information content (AvgIpc) is 2.95. The van der Waals surface area contributed by atoms with Crippen LogP contribution >= 0.6 is 0 Å². The minimum atomic E-state index is -2.59. The van der Waals surface area contributed by atoms with Gasteiger partial charge in [0.25, 0.3) is 0 Å². The molecular weight excluding hydrogens is 534 g/mol. The Balaban J connectivity index is 2.50. The lowest BCUT2D eigenvalue weighted by molar-refractivity contribution is -0.145. The Morgan fingerprint density at radius 1 is 0.829 bits per heavy atom. The summed E-state index contributed by atoms with van der Waals surface area (Å²) in [6, 6.07) is 4.12. The van der Waals surface area contributed by atoms with E-state index in [0.29, 0.717) is 51.6 Å². The lowest BCUT2D eigenvalue weighted by Crippen LogP contribution is -2.45. The zero-order chi connectivity index (χ0) is 30.5. The van der Waals surface area contributed by atoms with Crippen molar-refractivity contribution in [2.24, 2.45) is 11.8 Å². The second kappa shape index (κ2) is 21.4. The summed E-state index contributed by atoms with van der Waals surface area (Å²) >= 11 is 0. The molecule has 2 unspecified atom stereocenters. The van der Waals surface area contributed by atoms with E-state index in [9.17, 15) is 23.5 Å². The number of aliphatic hydroxyl groups is 1. The zero-order valence-electron chi connectivity index (χ0n) is 25.0. The molecular formula is C30H50F2N4O5. The van der Waals surface area contributed by atoms with Crippen LogP contribution in [0.1, 0.15) is 90.9 Å². The number of halogens is 2. The van der Waals surface area contributed by atoms with Gasteiger partial charge in [-0.1, -0.05) is 12.8 Å². The third kappa shape index (κ3) is 17.9. The molecule has 0 aromatic rings. The Morgan fingerprint density at radius 2 is 1.32 bits per heavy atom. The molecule has 0 radical (unpaired) electrons. The van der Waals surface area contributed by atoms with Gasteiger partial charge < -0.3 is 19.5 Å². The summed E-state index contributed by atoms with van der Waals surface area (Å²) in [6.45, 7) is 7.16. The van der Waals surface area contributed by atoms with Crippen LogP contribution in [0.4, 0.5) is 8.78 Å². The van der Waals surface area contributed by atoms with Gasteiger partial charge in [0.15, 0.2) is 0 Å². The van der Waals surface area contributed by atoms with Crippen LogP contribution in [0.15, 0.2) is 0 Å². The van der Waals surface area contributed by atoms with Crippen molar-refractivity contribution in [1.82, 2.24) is 9.80 Å². The van der Waals surface area contributed by atoms with Crippen LogP contribution in [0.25, 0.3) is 0 Å². The van der Waals surface area contributed by atoms with Crippen molar-refractivity contribution in [3.63, 3.8) is 0 Å². The van der Waals surface area contributed by atoms with Gasteiger partial charge in [-0.2, -0.15) is 10.5 Å². The summed E-state index contributed by atoms with van der Waals surface area (Å²) in [7, 11) is 0. The van der Waals surface area contributed by atoms with E-state index in [1.54, 1.807) is 13.8 Å². The van der Waals surface area contributed by atoms with Crippen molar-refractivity contribution in [3.05, 3.63) is 0 Å². The maximum atomic E-state index is 13.7. The van der Waals surface area contributed by atoms with Gasteiger partial charge >= 0.3 is 11.9 Å². The maximum Gasteiger partial charge on any atom is 0.305 e. The molecule has 0 bridgehead atoms. The quantitative estimate of drug-likeness (QED) is 0.142. The van der Waals surface area contributed by atoms with Crippen molar-refractivity contribution in [2.45, 2.75) is 103 Å². The molecule has 0 saturated heterocycles. The normalized spacial score (nSPS) is 16.6. The first-order valence-corrected chi connectivity index (χ1v) is 15.2. The first kappa shape index (κ1) is 36.7. The number of hydrogen-bond donors (Lipinski definition) is 1. The molecule has 9 nitrogen and oxygen atoms in total. The van der Waals surface area contributed by atoms with E-state index in [-0.39, 0.29) is 62.5 Å². The number of nitriles is 2. The topological polar surface area (TPSA) is 127 Å². The smallest absolute Gasteiger partial charge is 0.305 e. The molecule has 1 fully saturated rings. The van der Waals surface area contributed by atoms with Gasteiger partial charge in [-0.15, -0.1) is 0 Å². The van der Waals surface area contributed by atoms with Crippen LogP contribution < -0.4 is 0 Å². The standard InChI is InChI=1S/C30H50F2N4O5/c1-25(21-33)23-40-28(38)9-5-3-7-15-35(16-8-4-6-10-29(39)41-24-26(2)22-34)17-18-36(19-20-37)27-11-13-30(31,32)14-12-27/h25-27,37H,3-20,23-24H2,1-2H3. The second-order valence-corrected chi connectivity index (χ2v) is 11.2.